The molecule has 22 heteroatoms. The quantitative estimate of drug-likeness (QED) is 0.0266. The third-order valence-corrected chi connectivity index (χ3v) is 15.5. The molecule has 5 heterocycles. The van der Waals surface area contributed by atoms with Crippen LogP contribution in [0.25, 0.3) is 0 Å². The highest BCUT2D eigenvalue weighted by Crippen LogP contribution is 2.44. The van der Waals surface area contributed by atoms with E-state index in [4.69, 9.17) is 31.6 Å². The maximum absolute atomic E-state index is 14.3. The number of methoxy groups -OCH3 is 2. The number of amides is 8. The second kappa shape index (κ2) is 24.4. The first-order valence-electron chi connectivity index (χ1n) is 27.1. The molecule has 0 aromatic heterocycles. The summed E-state index contributed by atoms with van der Waals surface area (Å²) >= 11 is 4.91. The van der Waals surface area contributed by atoms with Gasteiger partial charge in [-0.3, -0.25) is 43.3 Å². The Balaban J connectivity index is 0.809. The Bertz CT molecular complexity index is 3410. The average Bonchev–Trinajstić information content (AvgIpc) is 4.13. The number of thiol groups is 1. The second-order valence-corrected chi connectivity index (χ2v) is 21.2. The molecule has 0 spiro atoms. The van der Waals surface area contributed by atoms with Gasteiger partial charge in [-0.1, -0.05) is 36.4 Å². The molecule has 0 saturated carbocycles. The molecule has 4 unspecified atom stereocenters. The molecule has 5 aromatic carbocycles. The molecule has 0 saturated heterocycles. The normalized spacial score (nSPS) is 18.0. The van der Waals surface area contributed by atoms with Crippen molar-refractivity contribution in [2.75, 3.05) is 59.6 Å². The first-order valence-corrected chi connectivity index (χ1v) is 27.6. The van der Waals surface area contributed by atoms with Gasteiger partial charge in [0.2, 0.25) is 23.6 Å². The SMILES string of the molecule is COc1cc2c(cc1OCc1cc(COc3cc4c(cc3OC)C(=O)N3c5ccccc5C[C@H]3CN4)cc(NC(=O)C(C)NC(=O)C(C)NC(=O)CCCCC(=O)NCCN3C(=O)C=CC3=O)c1)NC(S)C1Cc3ccccc3N1C2=O. The topological polar surface area (TPSA) is 255 Å². The van der Waals surface area contributed by atoms with Gasteiger partial charge in [0.1, 0.15) is 25.3 Å². The van der Waals surface area contributed by atoms with Crippen molar-refractivity contribution in [2.24, 2.45) is 0 Å². The number of hydrogen-bond acceptors (Lipinski definition) is 15. The first-order chi connectivity index (χ1) is 39.6. The number of hydrogen-bond donors (Lipinski definition) is 7. The van der Waals surface area contributed by atoms with Gasteiger partial charge in [-0.25, -0.2) is 0 Å². The summed E-state index contributed by atoms with van der Waals surface area (Å²) in [5.74, 6) is -1.75. The number of fused-ring (bicyclic) bond motifs is 8. The van der Waals surface area contributed by atoms with Crippen molar-refractivity contribution in [3.8, 4) is 23.0 Å². The van der Waals surface area contributed by atoms with E-state index in [0.717, 1.165) is 33.8 Å². The number of imide groups is 1. The Kier molecular flexibility index (Phi) is 16.7. The van der Waals surface area contributed by atoms with Crippen LogP contribution in [0.3, 0.4) is 0 Å². The van der Waals surface area contributed by atoms with E-state index in [9.17, 15) is 38.4 Å². The number of carbonyl (C=O) groups excluding carboxylic acids is 8. The molecule has 5 aliphatic rings. The number of unbranched alkanes of at least 4 members (excludes halogenated alkanes) is 1. The Labute approximate surface area is 478 Å². The summed E-state index contributed by atoms with van der Waals surface area (Å²) in [6.07, 6.45) is 4.60. The van der Waals surface area contributed by atoms with E-state index in [1.807, 2.05) is 59.5 Å². The third-order valence-electron chi connectivity index (χ3n) is 15.0. The number of nitrogens with one attached hydrogen (secondary N) is 6. The van der Waals surface area contributed by atoms with Gasteiger partial charge in [0.25, 0.3) is 23.6 Å². The van der Waals surface area contributed by atoms with Crippen molar-refractivity contribution in [3.63, 3.8) is 0 Å². The van der Waals surface area contributed by atoms with Crippen molar-refractivity contribution in [2.45, 2.75) is 95.1 Å². The van der Waals surface area contributed by atoms with Gasteiger partial charge in [0.05, 0.1) is 54.2 Å². The molecule has 10 rings (SSSR count). The predicted molar refractivity (Wildman–Crippen MR) is 309 cm³/mol. The van der Waals surface area contributed by atoms with Gasteiger partial charge in [-0.2, -0.15) is 12.6 Å². The van der Waals surface area contributed by atoms with E-state index >= 15 is 0 Å². The summed E-state index contributed by atoms with van der Waals surface area (Å²) in [5.41, 5.74) is 7.38. The van der Waals surface area contributed by atoms with Gasteiger partial charge < -0.3 is 60.6 Å². The van der Waals surface area contributed by atoms with E-state index in [0.29, 0.717) is 88.1 Å². The van der Waals surface area contributed by atoms with Crippen LogP contribution < -0.4 is 60.6 Å². The van der Waals surface area contributed by atoms with Gasteiger partial charge in [-0.15, -0.1) is 0 Å². The number of rotatable bonds is 21. The predicted octanol–water partition coefficient (Wildman–Crippen LogP) is 5.66. The molecule has 426 valence electrons. The maximum atomic E-state index is 14.3. The molecule has 0 bridgehead atoms. The zero-order valence-electron chi connectivity index (χ0n) is 45.7. The van der Waals surface area contributed by atoms with Gasteiger partial charge in [0, 0.05) is 73.8 Å². The minimum atomic E-state index is -1.06. The lowest BCUT2D eigenvalue weighted by Crippen LogP contribution is -2.50. The van der Waals surface area contributed by atoms with Crippen LogP contribution in [0.5, 0.6) is 23.0 Å². The van der Waals surface area contributed by atoms with Crippen LogP contribution in [-0.4, -0.2) is 116 Å². The van der Waals surface area contributed by atoms with Crippen molar-refractivity contribution in [1.29, 1.82) is 0 Å². The fourth-order valence-corrected chi connectivity index (χ4v) is 11.2. The van der Waals surface area contributed by atoms with Crippen LogP contribution in [0.2, 0.25) is 0 Å². The molecule has 0 aliphatic carbocycles. The van der Waals surface area contributed by atoms with E-state index in [1.54, 1.807) is 41.3 Å². The van der Waals surface area contributed by atoms with Crippen molar-refractivity contribution >= 4 is 88.3 Å². The van der Waals surface area contributed by atoms with E-state index in [1.165, 1.54) is 40.2 Å². The van der Waals surface area contributed by atoms with Crippen LogP contribution in [-0.2, 0) is 54.8 Å². The van der Waals surface area contributed by atoms with Crippen LogP contribution in [0.4, 0.5) is 28.4 Å². The third kappa shape index (κ3) is 12.0. The number of nitrogens with zero attached hydrogens (tertiary/aromatic N) is 3. The fraction of sp³-hybridized carbons (Fsp3) is 0.333. The number of benzene rings is 5. The van der Waals surface area contributed by atoms with Gasteiger partial charge >= 0.3 is 0 Å². The standard InChI is InChI=1S/C60H63N9O12S/c1-33(63-53(71)16-10-9-15-52(70)61-19-20-67-54(72)17-18-55(67)73)56(74)64-34(2)57(75)65-39-22-35(31-80-50-28-43-41(26-48(50)78-3)59(76)68-40(30-62-43)24-37-11-5-7-13-45(37)68)21-36(23-39)32-81-51-29-44-42(27-49(51)79-4)60(77)69-46-14-8-6-12-38(46)25-47(69)58(82)66-44/h5-8,11-14,17-18,21-23,26-29,33-34,40,47,58,62,66,82H,9-10,15-16,19-20,24-25,30-32H2,1-4H3,(H,61,70)(H,63,71)(H,64,74)(H,65,75)/t33?,34?,40-,47?,58?/m0/s1. The fourth-order valence-electron chi connectivity index (χ4n) is 10.8. The van der Waals surface area contributed by atoms with Crippen LogP contribution in [0, 0.1) is 0 Å². The lowest BCUT2D eigenvalue weighted by atomic mass is 10.1. The second-order valence-electron chi connectivity index (χ2n) is 20.6. The molecular weight excluding hydrogens is 1070 g/mol. The minimum absolute atomic E-state index is 0.0275. The molecule has 6 N–H and O–H groups in total. The van der Waals surface area contributed by atoms with Crippen molar-refractivity contribution < 1.29 is 57.3 Å². The molecule has 5 aromatic rings. The average molecular weight is 1130 g/mol. The largest absolute Gasteiger partial charge is 0.493 e. The Hall–Kier alpha value is -9.05. The molecule has 82 heavy (non-hydrogen) atoms. The first kappa shape index (κ1) is 56.2. The summed E-state index contributed by atoms with van der Waals surface area (Å²) in [6.45, 7) is 3.61. The number of anilines is 5. The van der Waals surface area contributed by atoms with Crippen molar-refractivity contribution in [1.82, 2.24) is 20.9 Å². The monoisotopic (exact) mass is 1130 g/mol. The minimum Gasteiger partial charge on any atom is -0.493 e. The molecule has 21 nitrogen and oxygen atoms in total. The highest BCUT2D eigenvalue weighted by molar-refractivity contribution is 7.81. The van der Waals surface area contributed by atoms with Crippen molar-refractivity contribution in [3.05, 3.63) is 137 Å². The van der Waals surface area contributed by atoms with E-state index in [-0.39, 0.29) is 69.0 Å². The zero-order valence-corrected chi connectivity index (χ0v) is 46.6. The van der Waals surface area contributed by atoms with Crippen LogP contribution in [0.1, 0.15) is 82.5 Å². The highest BCUT2D eigenvalue weighted by Gasteiger charge is 2.42. The highest BCUT2D eigenvalue weighted by atomic mass is 32.1. The summed E-state index contributed by atoms with van der Waals surface area (Å²) in [5, 5.41) is 17.3. The lowest BCUT2D eigenvalue weighted by Gasteiger charge is -2.26. The summed E-state index contributed by atoms with van der Waals surface area (Å²) < 4.78 is 24.5. The van der Waals surface area contributed by atoms with Crippen LogP contribution in [0.15, 0.2) is 103 Å². The molecule has 5 atom stereocenters. The molecule has 5 aliphatic heterocycles. The number of ether oxygens (including phenoxy) is 4. The van der Waals surface area contributed by atoms with E-state index in [2.05, 4.69) is 31.9 Å². The molecular formula is C60H63N9O12S. The molecule has 0 radical (unpaired) electrons. The number of para-hydroxylation sites is 2. The van der Waals surface area contributed by atoms with Crippen LogP contribution >= 0.6 is 12.6 Å². The summed E-state index contributed by atoms with van der Waals surface area (Å²) in [7, 11) is 2.99. The smallest absolute Gasteiger partial charge is 0.260 e. The Morgan fingerprint density at radius 3 is 1.87 bits per heavy atom. The Morgan fingerprint density at radius 1 is 0.659 bits per heavy atom. The molecule has 0 fully saturated rings. The Morgan fingerprint density at radius 2 is 1.22 bits per heavy atom. The van der Waals surface area contributed by atoms with Gasteiger partial charge in [0.15, 0.2) is 23.0 Å². The lowest BCUT2D eigenvalue weighted by molar-refractivity contribution is -0.137. The molecule has 8 amide bonds. The van der Waals surface area contributed by atoms with Gasteiger partial charge in [-0.05, 0) is 104 Å². The summed E-state index contributed by atoms with van der Waals surface area (Å²) in [6, 6.07) is 25.4. The zero-order chi connectivity index (χ0) is 57.8. The summed E-state index contributed by atoms with van der Waals surface area (Å²) in [4.78, 5) is 109. The maximum Gasteiger partial charge on any atom is 0.260 e. The van der Waals surface area contributed by atoms with E-state index < -0.39 is 47.0 Å². The number of carbonyl (C=O) groups is 8.